The summed E-state index contributed by atoms with van der Waals surface area (Å²) in [5, 5.41) is 9.90. The van der Waals surface area contributed by atoms with Crippen molar-refractivity contribution in [1.29, 1.82) is 0 Å². The topological polar surface area (TPSA) is 73.5 Å². The minimum Gasteiger partial charge on any atom is -0.391 e. The average Bonchev–Trinajstić information content (AvgIpc) is 2.84. The Morgan fingerprint density at radius 3 is 2.64 bits per heavy atom. The molecule has 2 rings (SSSR count). The van der Waals surface area contributed by atoms with Gasteiger partial charge in [0.2, 0.25) is 0 Å². The minimum atomic E-state index is -0.400. The van der Waals surface area contributed by atoms with E-state index in [-0.39, 0.29) is 18.7 Å². The van der Waals surface area contributed by atoms with Gasteiger partial charge in [0.15, 0.2) is 0 Å². The van der Waals surface area contributed by atoms with Crippen molar-refractivity contribution in [3.8, 4) is 11.8 Å². The van der Waals surface area contributed by atoms with Crippen LogP contribution in [0.25, 0.3) is 10.2 Å². The Labute approximate surface area is 131 Å². The molecule has 0 atom stereocenters. The van der Waals surface area contributed by atoms with E-state index in [1.165, 1.54) is 15.9 Å². The van der Waals surface area contributed by atoms with Gasteiger partial charge >= 0.3 is 5.69 Å². The van der Waals surface area contributed by atoms with Crippen LogP contribution in [0.3, 0.4) is 0 Å². The zero-order valence-electron chi connectivity index (χ0n) is 12.8. The van der Waals surface area contributed by atoms with E-state index in [1.807, 2.05) is 0 Å². The lowest BCUT2D eigenvalue weighted by molar-refractivity contribution is 0.186. The van der Waals surface area contributed by atoms with Crippen LogP contribution < -0.4 is 11.2 Å². The summed E-state index contributed by atoms with van der Waals surface area (Å²) in [5.74, 6) is 5.45. The van der Waals surface area contributed by atoms with Crippen molar-refractivity contribution >= 4 is 21.6 Å². The molecule has 0 saturated heterocycles. The van der Waals surface area contributed by atoms with Crippen molar-refractivity contribution in [3.05, 3.63) is 31.3 Å². The van der Waals surface area contributed by atoms with Crippen LogP contribution in [0.15, 0.2) is 9.59 Å². The summed E-state index contributed by atoms with van der Waals surface area (Å²) < 4.78 is 7.70. The molecule has 0 aromatic carbocycles. The van der Waals surface area contributed by atoms with Crippen molar-refractivity contribution in [2.75, 3.05) is 13.7 Å². The van der Waals surface area contributed by atoms with Gasteiger partial charge in [-0.1, -0.05) is 5.92 Å². The Morgan fingerprint density at radius 1 is 1.32 bits per heavy atom. The highest BCUT2D eigenvalue weighted by atomic mass is 32.1. The fourth-order valence-corrected chi connectivity index (χ4v) is 3.44. The van der Waals surface area contributed by atoms with Gasteiger partial charge in [0, 0.05) is 12.0 Å². The summed E-state index contributed by atoms with van der Waals surface area (Å²) in [6.07, 6.45) is 0. The zero-order chi connectivity index (χ0) is 16.3. The molecule has 0 aliphatic rings. The first-order valence-corrected chi connectivity index (χ1v) is 7.63. The van der Waals surface area contributed by atoms with Crippen LogP contribution in [0.5, 0.6) is 0 Å². The third kappa shape index (κ3) is 2.73. The van der Waals surface area contributed by atoms with Crippen LogP contribution in [0.4, 0.5) is 0 Å². The number of fused-ring (bicyclic) bond motifs is 1. The van der Waals surface area contributed by atoms with Crippen molar-refractivity contribution in [2.24, 2.45) is 0 Å². The van der Waals surface area contributed by atoms with Gasteiger partial charge in [0.05, 0.1) is 31.7 Å². The van der Waals surface area contributed by atoms with E-state index in [9.17, 15) is 14.7 Å². The summed E-state index contributed by atoms with van der Waals surface area (Å²) >= 11 is 1.27. The van der Waals surface area contributed by atoms with Crippen LogP contribution >= 0.6 is 11.3 Å². The van der Waals surface area contributed by atoms with Crippen LogP contribution in [0, 0.1) is 18.8 Å². The van der Waals surface area contributed by atoms with Gasteiger partial charge in [0.1, 0.15) is 4.83 Å². The number of ether oxygens (including phenoxy) is 1. The van der Waals surface area contributed by atoms with Gasteiger partial charge in [-0.3, -0.25) is 9.36 Å². The molecule has 6 nitrogen and oxygen atoms in total. The average molecular weight is 322 g/mol. The fourth-order valence-electron chi connectivity index (χ4n) is 2.27. The third-order valence-electron chi connectivity index (χ3n) is 3.47. The van der Waals surface area contributed by atoms with Gasteiger partial charge in [-0.05, 0) is 19.4 Å². The number of rotatable bonds is 5. The smallest absolute Gasteiger partial charge is 0.333 e. The Bertz CT molecular complexity index is 864. The van der Waals surface area contributed by atoms with Crippen molar-refractivity contribution in [3.63, 3.8) is 0 Å². The van der Waals surface area contributed by atoms with E-state index in [4.69, 9.17) is 4.74 Å². The normalized spacial score (nSPS) is 10.7. The van der Waals surface area contributed by atoms with Crippen LogP contribution in [-0.4, -0.2) is 28.0 Å². The molecule has 2 aromatic rings. The molecule has 0 amide bonds. The number of hydrogen-bond acceptors (Lipinski definition) is 5. The lowest BCUT2D eigenvalue weighted by Crippen LogP contribution is -2.40. The lowest BCUT2D eigenvalue weighted by atomic mass is 10.2. The Balaban J connectivity index is 2.85. The summed E-state index contributed by atoms with van der Waals surface area (Å²) in [7, 11) is 1.56. The van der Waals surface area contributed by atoms with Crippen LogP contribution in [0.2, 0.25) is 0 Å². The first-order chi connectivity index (χ1) is 10.6. The van der Waals surface area contributed by atoms with E-state index < -0.39 is 5.69 Å². The van der Waals surface area contributed by atoms with Crippen molar-refractivity contribution in [1.82, 2.24) is 9.13 Å². The molecule has 0 unspecified atom stereocenters. The molecule has 0 spiro atoms. The summed E-state index contributed by atoms with van der Waals surface area (Å²) in [4.78, 5) is 26.4. The SMILES string of the molecule is CC#CCn1c(=O)c2c(C)c(CO)sc2n(CCOC)c1=O. The van der Waals surface area contributed by atoms with Gasteiger partial charge in [-0.2, -0.15) is 0 Å². The number of nitrogens with zero attached hydrogens (tertiary/aromatic N) is 2. The molecule has 1 N–H and O–H groups in total. The number of aromatic nitrogens is 2. The maximum Gasteiger partial charge on any atom is 0.333 e. The second kappa shape index (κ2) is 6.92. The fraction of sp³-hybridized carbons (Fsp3) is 0.467. The van der Waals surface area contributed by atoms with Gasteiger partial charge in [0.25, 0.3) is 5.56 Å². The van der Waals surface area contributed by atoms with E-state index in [2.05, 4.69) is 11.8 Å². The molecule has 118 valence electrons. The standard InChI is InChI=1S/C15H18N2O4S/c1-4-5-6-16-13(19)12-10(2)11(9-18)22-14(12)17(15(16)20)7-8-21-3/h18H,6-9H2,1-3H3. The lowest BCUT2D eigenvalue weighted by Gasteiger charge is -2.10. The van der Waals surface area contributed by atoms with Crippen LogP contribution in [0.1, 0.15) is 17.4 Å². The highest BCUT2D eigenvalue weighted by molar-refractivity contribution is 7.18. The minimum absolute atomic E-state index is 0.0564. The molecule has 2 heterocycles. The Kier molecular flexibility index (Phi) is 5.19. The molecule has 0 saturated carbocycles. The molecular formula is C15H18N2O4S. The molecule has 0 aliphatic carbocycles. The summed E-state index contributed by atoms with van der Waals surface area (Å²) in [6.45, 7) is 4.05. The third-order valence-corrected chi connectivity index (χ3v) is 4.77. The summed E-state index contributed by atoms with van der Waals surface area (Å²) in [5.41, 5.74) is -0.0372. The predicted molar refractivity (Wildman–Crippen MR) is 86.3 cm³/mol. The predicted octanol–water partition coefficient (Wildman–Crippen LogP) is 0.695. The molecule has 0 bridgehead atoms. The first kappa shape index (κ1) is 16.5. The quantitative estimate of drug-likeness (QED) is 0.822. The molecule has 2 aromatic heterocycles. The highest BCUT2D eigenvalue weighted by Crippen LogP contribution is 2.27. The zero-order valence-corrected chi connectivity index (χ0v) is 13.6. The van der Waals surface area contributed by atoms with E-state index in [0.717, 1.165) is 10.1 Å². The molecule has 0 fully saturated rings. The maximum absolute atomic E-state index is 12.6. The number of aryl methyl sites for hydroxylation is 1. The largest absolute Gasteiger partial charge is 0.391 e. The summed E-state index contributed by atoms with van der Waals surface area (Å²) in [6, 6.07) is 0. The second-order valence-corrected chi connectivity index (χ2v) is 5.82. The van der Waals surface area contributed by atoms with E-state index >= 15 is 0 Å². The number of aliphatic hydroxyl groups excluding tert-OH is 1. The maximum atomic E-state index is 12.6. The van der Waals surface area contributed by atoms with Gasteiger partial charge in [-0.25, -0.2) is 9.36 Å². The van der Waals surface area contributed by atoms with E-state index in [1.54, 1.807) is 21.0 Å². The second-order valence-electron chi connectivity index (χ2n) is 4.73. The Morgan fingerprint density at radius 2 is 2.05 bits per heavy atom. The van der Waals surface area contributed by atoms with Crippen molar-refractivity contribution < 1.29 is 9.84 Å². The Hall–Kier alpha value is -1.88. The number of thiophene rings is 1. The van der Waals surface area contributed by atoms with Gasteiger partial charge in [-0.15, -0.1) is 17.3 Å². The molecular weight excluding hydrogens is 304 g/mol. The molecule has 22 heavy (non-hydrogen) atoms. The van der Waals surface area contributed by atoms with Crippen molar-refractivity contribution in [2.45, 2.75) is 33.5 Å². The number of hydrogen-bond donors (Lipinski definition) is 1. The van der Waals surface area contributed by atoms with Gasteiger partial charge < -0.3 is 9.84 Å². The molecule has 7 heteroatoms. The van der Waals surface area contributed by atoms with Crippen LogP contribution in [-0.2, 0) is 24.4 Å². The molecule has 0 radical (unpaired) electrons. The van der Waals surface area contributed by atoms with E-state index in [0.29, 0.717) is 28.2 Å². The molecule has 0 aliphatic heterocycles. The first-order valence-electron chi connectivity index (χ1n) is 6.81. The number of aliphatic hydroxyl groups is 1. The monoisotopic (exact) mass is 322 g/mol. The number of methoxy groups -OCH3 is 1. The highest BCUT2D eigenvalue weighted by Gasteiger charge is 2.19.